The zero-order valence-corrected chi connectivity index (χ0v) is 17.0. The largest absolute Gasteiger partial charge is 0.495 e. The molecule has 0 unspecified atom stereocenters. The van der Waals surface area contributed by atoms with Crippen molar-refractivity contribution in [2.24, 2.45) is 0 Å². The van der Waals surface area contributed by atoms with Crippen LogP contribution in [0.4, 0.5) is 17.3 Å². The van der Waals surface area contributed by atoms with E-state index in [1.54, 1.807) is 42.6 Å². The number of rotatable bonds is 6. The van der Waals surface area contributed by atoms with Gasteiger partial charge in [-0.25, -0.2) is 9.78 Å². The molecule has 0 aliphatic carbocycles. The molecule has 0 fully saturated rings. The Bertz CT molecular complexity index is 1260. The Morgan fingerprint density at radius 3 is 2.55 bits per heavy atom. The minimum absolute atomic E-state index is 0.307. The SMILES string of the molecule is COC(=O)c1ccc(Nc2nccc(Oc3ccc(N)c4ccccc34)n2)c(OC)c1. The van der Waals surface area contributed by atoms with Crippen molar-refractivity contribution >= 4 is 34.1 Å². The number of nitrogens with one attached hydrogen (secondary N) is 1. The molecule has 0 atom stereocenters. The number of aromatic nitrogens is 2. The number of anilines is 3. The summed E-state index contributed by atoms with van der Waals surface area (Å²) in [6.45, 7) is 0. The second-order valence-corrected chi connectivity index (χ2v) is 6.55. The van der Waals surface area contributed by atoms with Crippen LogP contribution < -0.4 is 20.5 Å². The lowest BCUT2D eigenvalue weighted by Crippen LogP contribution is -2.04. The molecule has 0 aliphatic heterocycles. The van der Waals surface area contributed by atoms with Crippen LogP contribution in [0.5, 0.6) is 17.4 Å². The Labute approximate surface area is 178 Å². The number of fused-ring (bicyclic) bond motifs is 1. The first-order valence-corrected chi connectivity index (χ1v) is 9.40. The highest BCUT2D eigenvalue weighted by Gasteiger charge is 2.12. The van der Waals surface area contributed by atoms with E-state index in [2.05, 4.69) is 15.3 Å². The van der Waals surface area contributed by atoms with Crippen molar-refractivity contribution in [2.45, 2.75) is 0 Å². The van der Waals surface area contributed by atoms with Crippen LogP contribution in [-0.2, 0) is 4.74 Å². The number of methoxy groups -OCH3 is 2. The van der Waals surface area contributed by atoms with Crippen LogP contribution in [0.25, 0.3) is 10.8 Å². The molecule has 3 aromatic carbocycles. The second-order valence-electron chi connectivity index (χ2n) is 6.55. The molecule has 0 radical (unpaired) electrons. The number of carbonyl (C=O) groups excluding carboxylic acids is 1. The third-order valence-electron chi connectivity index (χ3n) is 4.63. The average Bonchev–Trinajstić information content (AvgIpc) is 2.81. The molecule has 0 amide bonds. The molecular weight excluding hydrogens is 396 g/mol. The summed E-state index contributed by atoms with van der Waals surface area (Å²) in [7, 11) is 2.83. The van der Waals surface area contributed by atoms with Gasteiger partial charge in [-0.05, 0) is 30.3 Å². The van der Waals surface area contributed by atoms with E-state index in [0.717, 1.165) is 10.8 Å². The number of hydrogen-bond acceptors (Lipinski definition) is 8. The van der Waals surface area contributed by atoms with Crippen molar-refractivity contribution < 1.29 is 19.0 Å². The standard InChI is InChI=1S/C23H20N4O4/c1-29-20-13-14(22(28)30-2)7-9-18(20)26-23-25-12-11-21(27-23)31-19-10-8-17(24)15-5-3-4-6-16(15)19/h3-13H,24H2,1-2H3,(H,25,26,27). The smallest absolute Gasteiger partial charge is 0.337 e. The Balaban J connectivity index is 1.60. The van der Waals surface area contributed by atoms with Crippen LogP contribution in [0.1, 0.15) is 10.4 Å². The fraction of sp³-hybridized carbons (Fsp3) is 0.0870. The molecule has 0 bridgehead atoms. The van der Waals surface area contributed by atoms with E-state index in [1.807, 2.05) is 24.3 Å². The number of hydrogen-bond donors (Lipinski definition) is 2. The Kier molecular flexibility index (Phi) is 5.53. The van der Waals surface area contributed by atoms with Gasteiger partial charge < -0.3 is 25.3 Å². The van der Waals surface area contributed by atoms with Gasteiger partial charge in [0, 0.05) is 28.7 Å². The molecule has 0 saturated carbocycles. The number of nitrogens with two attached hydrogens (primary N) is 1. The summed E-state index contributed by atoms with van der Waals surface area (Å²) in [4.78, 5) is 20.4. The van der Waals surface area contributed by atoms with Crippen molar-refractivity contribution in [1.82, 2.24) is 9.97 Å². The first-order chi connectivity index (χ1) is 15.1. The molecule has 1 heterocycles. The zero-order chi connectivity index (χ0) is 21.8. The van der Waals surface area contributed by atoms with E-state index in [1.165, 1.54) is 14.2 Å². The Morgan fingerprint density at radius 2 is 1.77 bits per heavy atom. The molecule has 156 valence electrons. The number of carbonyl (C=O) groups is 1. The third-order valence-corrected chi connectivity index (χ3v) is 4.63. The highest BCUT2D eigenvalue weighted by atomic mass is 16.5. The van der Waals surface area contributed by atoms with Crippen molar-refractivity contribution in [1.29, 1.82) is 0 Å². The molecule has 1 aromatic heterocycles. The number of esters is 1. The lowest BCUT2D eigenvalue weighted by atomic mass is 10.1. The maximum atomic E-state index is 11.7. The maximum absolute atomic E-state index is 11.7. The van der Waals surface area contributed by atoms with E-state index >= 15 is 0 Å². The van der Waals surface area contributed by atoms with Gasteiger partial charge in [0.1, 0.15) is 11.5 Å². The highest BCUT2D eigenvalue weighted by molar-refractivity contribution is 5.97. The Morgan fingerprint density at radius 1 is 0.968 bits per heavy atom. The average molecular weight is 416 g/mol. The first-order valence-electron chi connectivity index (χ1n) is 9.40. The number of nitrogens with zero attached hydrogens (tertiary/aromatic N) is 2. The van der Waals surface area contributed by atoms with Crippen molar-refractivity contribution in [3.05, 3.63) is 72.4 Å². The zero-order valence-electron chi connectivity index (χ0n) is 17.0. The summed E-state index contributed by atoms with van der Waals surface area (Å²) < 4.78 is 16.1. The molecule has 0 aliphatic rings. The van der Waals surface area contributed by atoms with Gasteiger partial charge >= 0.3 is 5.97 Å². The van der Waals surface area contributed by atoms with Gasteiger partial charge in [-0.3, -0.25) is 0 Å². The third kappa shape index (κ3) is 4.18. The van der Waals surface area contributed by atoms with E-state index in [9.17, 15) is 4.79 Å². The molecule has 8 nitrogen and oxygen atoms in total. The molecule has 3 N–H and O–H groups in total. The summed E-state index contributed by atoms with van der Waals surface area (Å²) in [5, 5.41) is 4.87. The van der Waals surface area contributed by atoms with Crippen LogP contribution >= 0.6 is 0 Å². The molecule has 31 heavy (non-hydrogen) atoms. The van der Waals surface area contributed by atoms with E-state index < -0.39 is 5.97 Å². The second kappa shape index (κ2) is 8.58. The maximum Gasteiger partial charge on any atom is 0.337 e. The summed E-state index contributed by atoms with van der Waals surface area (Å²) in [6.07, 6.45) is 1.58. The summed E-state index contributed by atoms with van der Waals surface area (Å²) in [6, 6.07) is 17.9. The minimum Gasteiger partial charge on any atom is -0.495 e. The van der Waals surface area contributed by atoms with Gasteiger partial charge in [-0.2, -0.15) is 4.98 Å². The topological polar surface area (TPSA) is 109 Å². The molecule has 0 saturated heterocycles. The van der Waals surface area contributed by atoms with Crippen molar-refractivity contribution in [2.75, 3.05) is 25.3 Å². The lowest BCUT2D eigenvalue weighted by Gasteiger charge is -2.13. The van der Waals surface area contributed by atoms with Gasteiger partial charge in [-0.1, -0.05) is 24.3 Å². The lowest BCUT2D eigenvalue weighted by molar-refractivity contribution is 0.0600. The monoisotopic (exact) mass is 416 g/mol. The fourth-order valence-corrected chi connectivity index (χ4v) is 3.12. The van der Waals surface area contributed by atoms with E-state index in [-0.39, 0.29) is 0 Å². The summed E-state index contributed by atoms with van der Waals surface area (Å²) >= 11 is 0. The van der Waals surface area contributed by atoms with E-state index in [0.29, 0.717) is 40.3 Å². The molecule has 0 spiro atoms. The fourth-order valence-electron chi connectivity index (χ4n) is 3.12. The molecular formula is C23H20N4O4. The predicted octanol–water partition coefficient (Wildman–Crippen LogP) is 4.54. The van der Waals surface area contributed by atoms with Gasteiger partial charge in [0.2, 0.25) is 11.8 Å². The van der Waals surface area contributed by atoms with Crippen LogP contribution in [0, 0.1) is 0 Å². The molecule has 4 rings (SSSR count). The molecule has 4 aromatic rings. The van der Waals surface area contributed by atoms with Gasteiger partial charge in [0.15, 0.2) is 0 Å². The van der Waals surface area contributed by atoms with Crippen LogP contribution in [0.15, 0.2) is 66.9 Å². The number of ether oxygens (including phenoxy) is 3. The van der Waals surface area contributed by atoms with Crippen LogP contribution in [0.2, 0.25) is 0 Å². The van der Waals surface area contributed by atoms with Gasteiger partial charge in [-0.15, -0.1) is 0 Å². The quantitative estimate of drug-likeness (QED) is 0.348. The number of nitrogen functional groups attached to an aromatic ring is 1. The first kappa shape index (κ1) is 20.0. The van der Waals surface area contributed by atoms with Gasteiger partial charge in [0.05, 0.1) is 25.5 Å². The normalized spacial score (nSPS) is 10.5. The van der Waals surface area contributed by atoms with E-state index in [4.69, 9.17) is 19.9 Å². The summed E-state index contributed by atoms with van der Waals surface area (Å²) in [5.74, 6) is 1.29. The van der Waals surface area contributed by atoms with Crippen LogP contribution in [0.3, 0.4) is 0 Å². The summed E-state index contributed by atoms with van der Waals surface area (Å²) in [5.41, 5.74) is 7.70. The van der Waals surface area contributed by atoms with Crippen molar-refractivity contribution in [3.63, 3.8) is 0 Å². The minimum atomic E-state index is -0.452. The molecule has 8 heteroatoms. The van der Waals surface area contributed by atoms with Crippen molar-refractivity contribution in [3.8, 4) is 17.4 Å². The Hall–Kier alpha value is -4.33. The number of benzene rings is 3. The van der Waals surface area contributed by atoms with Gasteiger partial charge in [0.25, 0.3) is 0 Å². The predicted molar refractivity (Wildman–Crippen MR) is 118 cm³/mol. The highest BCUT2D eigenvalue weighted by Crippen LogP contribution is 2.33. The van der Waals surface area contributed by atoms with Crippen LogP contribution in [-0.4, -0.2) is 30.2 Å².